The fraction of sp³-hybridized carbons (Fsp3) is 0.261. The first-order chi connectivity index (χ1) is 15.0. The number of fused-ring (bicyclic) bond motifs is 2. The molecule has 4 aromatic rings. The van der Waals surface area contributed by atoms with Crippen molar-refractivity contribution in [2.75, 3.05) is 13.2 Å². The van der Waals surface area contributed by atoms with Crippen LogP contribution in [-0.2, 0) is 6.54 Å². The lowest BCUT2D eigenvalue weighted by molar-refractivity contribution is 0.297. The molecule has 0 fully saturated rings. The monoisotopic (exact) mass is 436 g/mol. The zero-order valence-corrected chi connectivity index (χ0v) is 18.0. The summed E-state index contributed by atoms with van der Waals surface area (Å²) in [5.41, 5.74) is 4.33. The lowest BCUT2D eigenvalue weighted by Gasteiger charge is -2.12. The molecule has 0 unspecified atom stereocenters. The van der Waals surface area contributed by atoms with Gasteiger partial charge in [0.25, 0.3) is 5.56 Å². The van der Waals surface area contributed by atoms with Gasteiger partial charge >= 0.3 is 0 Å². The van der Waals surface area contributed by atoms with Crippen molar-refractivity contribution in [2.45, 2.75) is 26.8 Å². The van der Waals surface area contributed by atoms with Gasteiger partial charge < -0.3 is 9.47 Å². The molecular formula is C23H21ClN4O3. The first-order valence-corrected chi connectivity index (χ1v) is 10.5. The summed E-state index contributed by atoms with van der Waals surface area (Å²) < 4.78 is 14.7. The molecular weight excluding hydrogens is 416 g/mol. The molecule has 8 heteroatoms. The van der Waals surface area contributed by atoms with E-state index in [0.717, 1.165) is 28.8 Å². The number of rotatable bonds is 3. The Balaban J connectivity index is 1.52. The first-order valence-electron chi connectivity index (χ1n) is 10.1. The van der Waals surface area contributed by atoms with Gasteiger partial charge in [-0.15, -0.1) is 0 Å². The van der Waals surface area contributed by atoms with Gasteiger partial charge in [-0.3, -0.25) is 9.36 Å². The lowest BCUT2D eigenvalue weighted by Crippen LogP contribution is -2.21. The minimum Gasteiger partial charge on any atom is -0.489 e. The molecule has 0 aliphatic carbocycles. The maximum absolute atomic E-state index is 13.1. The molecule has 158 valence electrons. The van der Waals surface area contributed by atoms with Crippen LogP contribution in [0.1, 0.15) is 23.1 Å². The Morgan fingerprint density at radius 2 is 1.84 bits per heavy atom. The number of ether oxygens (including phenoxy) is 2. The molecule has 0 saturated heterocycles. The topological polar surface area (TPSA) is 71.2 Å². The van der Waals surface area contributed by atoms with E-state index in [1.807, 2.05) is 32.0 Å². The number of aryl methyl sites for hydroxylation is 2. The van der Waals surface area contributed by atoms with Crippen LogP contribution in [0.3, 0.4) is 0 Å². The molecule has 0 atom stereocenters. The third kappa shape index (κ3) is 3.65. The smallest absolute Gasteiger partial charge is 0.264 e. The van der Waals surface area contributed by atoms with Crippen LogP contribution >= 0.6 is 11.6 Å². The van der Waals surface area contributed by atoms with Crippen molar-refractivity contribution in [3.05, 3.63) is 74.9 Å². The molecule has 0 spiro atoms. The second-order valence-corrected chi connectivity index (χ2v) is 8.18. The summed E-state index contributed by atoms with van der Waals surface area (Å²) in [6.45, 7) is 5.51. The third-order valence-corrected chi connectivity index (χ3v) is 5.50. The Morgan fingerprint density at radius 3 is 2.65 bits per heavy atom. The maximum Gasteiger partial charge on any atom is 0.264 e. The molecule has 0 radical (unpaired) electrons. The van der Waals surface area contributed by atoms with Crippen LogP contribution in [0.5, 0.6) is 11.5 Å². The minimum absolute atomic E-state index is 0.163. The van der Waals surface area contributed by atoms with Crippen molar-refractivity contribution in [3.63, 3.8) is 0 Å². The second kappa shape index (κ2) is 7.74. The van der Waals surface area contributed by atoms with Gasteiger partial charge in [0.05, 0.1) is 36.7 Å². The van der Waals surface area contributed by atoms with Gasteiger partial charge in [0.15, 0.2) is 17.1 Å². The van der Waals surface area contributed by atoms with E-state index in [-0.39, 0.29) is 5.56 Å². The highest BCUT2D eigenvalue weighted by Crippen LogP contribution is 2.38. The molecule has 5 rings (SSSR count). The van der Waals surface area contributed by atoms with Gasteiger partial charge in [-0.05, 0) is 54.8 Å². The van der Waals surface area contributed by atoms with E-state index in [1.54, 1.807) is 27.8 Å². The highest BCUT2D eigenvalue weighted by atomic mass is 35.5. The van der Waals surface area contributed by atoms with E-state index in [0.29, 0.717) is 47.3 Å². The van der Waals surface area contributed by atoms with E-state index < -0.39 is 0 Å². The summed E-state index contributed by atoms with van der Waals surface area (Å²) in [5.74, 6) is 1.16. The molecule has 3 heterocycles. The fourth-order valence-corrected chi connectivity index (χ4v) is 4.18. The van der Waals surface area contributed by atoms with Crippen LogP contribution in [0, 0.1) is 13.8 Å². The quantitative estimate of drug-likeness (QED) is 0.484. The Labute approximate surface area is 183 Å². The van der Waals surface area contributed by atoms with Crippen molar-refractivity contribution in [1.82, 2.24) is 19.3 Å². The molecule has 31 heavy (non-hydrogen) atoms. The molecule has 1 aliphatic rings. The first kappa shape index (κ1) is 19.6. The SMILES string of the molecule is Cc1cc(C)cc(-n2ncc3c(=O)n(Cc4cc(Cl)c5c(c4)OCCCO5)cnc32)c1. The number of aromatic nitrogens is 4. The average Bonchev–Trinajstić information content (AvgIpc) is 3.01. The van der Waals surface area contributed by atoms with Gasteiger partial charge in [0, 0.05) is 6.42 Å². The molecule has 0 saturated carbocycles. The summed E-state index contributed by atoms with van der Waals surface area (Å²) in [7, 11) is 0. The van der Waals surface area contributed by atoms with Crippen LogP contribution in [0.25, 0.3) is 16.7 Å². The maximum atomic E-state index is 13.1. The van der Waals surface area contributed by atoms with Crippen LogP contribution in [0.15, 0.2) is 47.7 Å². The van der Waals surface area contributed by atoms with E-state index in [1.165, 1.54) is 0 Å². The van der Waals surface area contributed by atoms with Crippen molar-refractivity contribution in [2.24, 2.45) is 0 Å². The van der Waals surface area contributed by atoms with E-state index in [4.69, 9.17) is 21.1 Å². The molecule has 2 aromatic carbocycles. The number of hydrogen-bond acceptors (Lipinski definition) is 5. The number of hydrogen-bond donors (Lipinski definition) is 0. The third-order valence-electron chi connectivity index (χ3n) is 5.22. The molecule has 2 aromatic heterocycles. The van der Waals surface area contributed by atoms with Crippen molar-refractivity contribution in [3.8, 4) is 17.2 Å². The lowest BCUT2D eigenvalue weighted by atomic mass is 10.1. The van der Waals surface area contributed by atoms with Crippen molar-refractivity contribution < 1.29 is 9.47 Å². The number of nitrogens with zero attached hydrogens (tertiary/aromatic N) is 4. The number of halogens is 1. The largest absolute Gasteiger partial charge is 0.489 e. The van der Waals surface area contributed by atoms with Gasteiger partial charge in [0.2, 0.25) is 0 Å². The minimum atomic E-state index is -0.163. The molecule has 1 aliphatic heterocycles. The Hall–Kier alpha value is -3.32. The van der Waals surface area contributed by atoms with Crippen LogP contribution in [0.4, 0.5) is 0 Å². The molecule has 0 bridgehead atoms. The molecule has 0 N–H and O–H groups in total. The van der Waals surface area contributed by atoms with Gasteiger partial charge in [0.1, 0.15) is 11.7 Å². The van der Waals surface area contributed by atoms with Crippen LogP contribution < -0.4 is 15.0 Å². The summed E-state index contributed by atoms with van der Waals surface area (Å²) in [4.78, 5) is 17.7. The highest BCUT2D eigenvalue weighted by molar-refractivity contribution is 6.32. The van der Waals surface area contributed by atoms with Gasteiger partial charge in [-0.1, -0.05) is 17.7 Å². The normalized spacial score (nSPS) is 13.4. The van der Waals surface area contributed by atoms with E-state index >= 15 is 0 Å². The fourth-order valence-electron chi connectivity index (χ4n) is 3.90. The predicted octanol–water partition coefficient (Wildman–Crippen LogP) is 4.06. The zero-order valence-electron chi connectivity index (χ0n) is 17.3. The Morgan fingerprint density at radius 1 is 1.06 bits per heavy atom. The van der Waals surface area contributed by atoms with E-state index in [2.05, 4.69) is 16.1 Å². The summed E-state index contributed by atoms with van der Waals surface area (Å²) in [6, 6.07) is 9.79. The summed E-state index contributed by atoms with van der Waals surface area (Å²) in [6.07, 6.45) is 3.91. The van der Waals surface area contributed by atoms with Gasteiger partial charge in [-0.2, -0.15) is 5.10 Å². The van der Waals surface area contributed by atoms with Crippen molar-refractivity contribution >= 4 is 22.6 Å². The van der Waals surface area contributed by atoms with Crippen LogP contribution in [0.2, 0.25) is 5.02 Å². The summed E-state index contributed by atoms with van der Waals surface area (Å²) in [5, 5.41) is 5.35. The summed E-state index contributed by atoms with van der Waals surface area (Å²) >= 11 is 6.40. The second-order valence-electron chi connectivity index (χ2n) is 7.77. The van der Waals surface area contributed by atoms with E-state index in [9.17, 15) is 4.79 Å². The zero-order chi connectivity index (χ0) is 21.5. The molecule has 0 amide bonds. The van der Waals surface area contributed by atoms with Crippen molar-refractivity contribution in [1.29, 1.82) is 0 Å². The Kier molecular flexibility index (Phi) is 4.90. The number of benzene rings is 2. The van der Waals surface area contributed by atoms with Crippen LogP contribution in [-0.4, -0.2) is 32.5 Å². The standard InChI is InChI=1S/C23H21ClN4O3/c1-14-6-15(2)8-17(7-14)28-22-18(11-26-28)23(29)27(13-25-22)12-16-9-19(24)21-20(10-16)30-4-3-5-31-21/h6-11,13H,3-5,12H2,1-2H3. The van der Waals surface area contributed by atoms with Gasteiger partial charge in [-0.25, -0.2) is 9.67 Å². The average molecular weight is 437 g/mol. The predicted molar refractivity (Wildman–Crippen MR) is 119 cm³/mol. The highest BCUT2D eigenvalue weighted by Gasteiger charge is 2.17. The Bertz CT molecular complexity index is 1340. The molecule has 7 nitrogen and oxygen atoms in total.